The molecule has 0 aliphatic rings. The molecule has 0 atom stereocenters. The van der Waals surface area contributed by atoms with Crippen LogP contribution in [0.3, 0.4) is 0 Å². The van der Waals surface area contributed by atoms with E-state index in [1.807, 2.05) is 18.2 Å². The van der Waals surface area contributed by atoms with Crippen molar-refractivity contribution in [3.8, 4) is 17.1 Å². The molecule has 2 heterocycles. The Morgan fingerprint density at radius 1 is 1.35 bits per heavy atom. The Morgan fingerprint density at radius 2 is 2.24 bits per heavy atom. The topological polar surface area (TPSA) is 61.3 Å². The van der Waals surface area contributed by atoms with Crippen LogP contribution < -0.4 is 10.5 Å². The zero-order chi connectivity index (χ0) is 12.1. The van der Waals surface area contributed by atoms with Crippen LogP contribution in [0.2, 0.25) is 0 Å². The summed E-state index contributed by atoms with van der Waals surface area (Å²) in [4.78, 5) is 4.13. The van der Waals surface area contributed by atoms with Crippen LogP contribution in [0.25, 0.3) is 11.3 Å². The van der Waals surface area contributed by atoms with E-state index in [0.29, 0.717) is 13.2 Å². The van der Waals surface area contributed by atoms with Gasteiger partial charge in [-0.25, -0.2) is 0 Å². The predicted octanol–water partition coefficient (Wildman–Crippen LogP) is 2.59. The Balaban J connectivity index is 2.20. The van der Waals surface area contributed by atoms with Gasteiger partial charge in [-0.05, 0) is 24.6 Å². The van der Waals surface area contributed by atoms with Gasteiger partial charge in [0.1, 0.15) is 17.3 Å². The number of hydrogen-bond donors (Lipinski definition) is 1. The van der Waals surface area contributed by atoms with E-state index < -0.39 is 0 Å². The third kappa shape index (κ3) is 2.85. The third-order valence-corrected chi connectivity index (χ3v) is 2.33. The molecule has 0 spiro atoms. The summed E-state index contributed by atoms with van der Waals surface area (Å²) in [6.45, 7) is 3.16. The zero-order valence-corrected chi connectivity index (χ0v) is 9.85. The fraction of sp³-hybridized carbons (Fsp3) is 0.308. The number of nitrogens with two attached hydrogens (primary N) is 1. The highest BCUT2D eigenvalue weighted by Crippen LogP contribution is 2.24. The van der Waals surface area contributed by atoms with E-state index in [2.05, 4.69) is 11.9 Å². The molecule has 4 heteroatoms. The van der Waals surface area contributed by atoms with Crippen molar-refractivity contribution in [1.82, 2.24) is 4.98 Å². The smallest absolute Gasteiger partial charge is 0.138 e. The molecule has 0 amide bonds. The number of rotatable bonds is 5. The summed E-state index contributed by atoms with van der Waals surface area (Å²) >= 11 is 0. The average molecular weight is 232 g/mol. The molecule has 0 aromatic carbocycles. The second-order valence-corrected chi connectivity index (χ2v) is 3.73. The van der Waals surface area contributed by atoms with Crippen LogP contribution >= 0.6 is 0 Å². The lowest BCUT2D eigenvalue weighted by molar-refractivity contribution is 0.316. The van der Waals surface area contributed by atoms with E-state index in [0.717, 1.165) is 29.3 Å². The molecule has 2 rings (SSSR count). The highest BCUT2D eigenvalue weighted by Gasteiger charge is 2.05. The predicted molar refractivity (Wildman–Crippen MR) is 65.6 cm³/mol. The van der Waals surface area contributed by atoms with Crippen LogP contribution in [0.15, 0.2) is 35.0 Å². The minimum atomic E-state index is 0.402. The van der Waals surface area contributed by atoms with Gasteiger partial charge in [-0.3, -0.25) is 4.98 Å². The van der Waals surface area contributed by atoms with Crippen molar-refractivity contribution in [1.29, 1.82) is 0 Å². The first-order chi connectivity index (χ1) is 8.33. The molecule has 0 aliphatic heterocycles. The van der Waals surface area contributed by atoms with Gasteiger partial charge in [0.25, 0.3) is 0 Å². The molecule has 2 N–H and O–H groups in total. The molecule has 2 aromatic rings. The van der Waals surface area contributed by atoms with Gasteiger partial charge >= 0.3 is 0 Å². The molecule has 0 radical (unpaired) electrons. The van der Waals surface area contributed by atoms with Gasteiger partial charge in [0.15, 0.2) is 0 Å². The first kappa shape index (κ1) is 11.7. The molecule has 17 heavy (non-hydrogen) atoms. The standard InChI is InChI=1S/C13H16N2O2/c1-2-5-16-12-6-10(8-15-9-12)13-4-3-11(7-14)17-13/h3-4,6,8-9H,2,5,7,14H2,1H3. The van der Waals surface area contributed by atoms with Crippen molar-refractivity contribution in [3.63, 3.8) is 0 Å². The Kier molecular flexibility index (Phi) is 3.77. The monoisotopic (exact) mass is 232 g/mol. The fourth-order valence-electron chi connectivity index (χ4n) is 1.50. The van der Waals surface area contributed by atoms with Gasteiger partial charge in [0, 0.05) is 11.8 Å². The number of hydrogen-bond acceptors (Lipinski definition) is 4. The first-order valence-electron chi connectivity index (χ1n) is 5.70. The minimum Gasteiger partial charge on any atom is -0.492 e. The second kappa shape index (κ2) is 5.50. The molecule has 0 saturated heterocycles. The summed E-state index contributed by atoms with van der Waals surface area (Å²) < 4.78 is 11.1. The van der Waals surface area contributed by atoms with Crippen molar-refractivity contribution < 1.29 is 9.15 Å². The number of ether oxygens (including phenoxy) is 1. The molecular formula is C13H16N2O2. The Hall–Kier alpha value is -1.81. The number of aromatic nitrogens is 1. The second-order valence-electron chi connectivity index (χ2n) is 3.73. The lowest BCUT2D eigenvalue weighted by atomic mass is 10.2. The highest BCUT2D eigenvalue weighted by atomic mass is 16.5. The Labute approximate surface area is 100 Å². The molecule has 0 bridgehead atoms. The quantitative estimate of drug-likeness (QED) is 0.860. The van der Waals surface area contributed by atoms with Crippen LogP contribution in [0.4, 0.5) is 0 Å². The van der Waals surface area contributed by atoms with Gasteiger partial charge in [-0.2, -0.15) is 0 Å². The maximum absolute atomic E-state index is 5.56. The molecular weight excluding hydrogens is 216 g/mol. The lowest BCUT2D eigenvalue weighted by Gasteiger charge is -2.04. The summed E-state index contributed by atoms with van der Waals surface area (Å²) in [7, 11) is 0. The number of pyridine rings is 1. The summed E-state index contributed by atoms with van der Waals surface area (Å²) in [5.41, 5.74) is 6.40. The molecule has 0 fully saturated rings. The minimum absolute atomic E-state index is 0.402. The maximum Gasteiger partial charge on any atom is 0.138 e. The van der Waals surface area contributed by atoms with Gasteiger partial charge in [-0.1, -0.05) is 6.92 Å². The number of furan rings is 1. The van der Waals surface area contributed by atoms with Crippen LogP contribution in [-0.2, 0) is 6.54 Å². The van der Waals surface area contributed by atoms with Gasteiger partial charge in [-0.15, -0.1) is 0 Å². The Bertz CT molecular complexity index is 480. The highest BCUT2D eigenvalue weighted by molar-refractivity contribution is 5.58. The van der Waals surface area contributed by atoms with Gasteiger partial charge in [0.2, 0.25) is 0 Å². The molecule has 0 aliphatic carbocycles. The Morgan fingerprint density at radius 3 is 2.94 bits per heavy atom. The largest absolute Gasteiger partial charge is 0.492 e. The lowest BCUT2D eigenvalue weighted by Crippen LogP contribution is -1.95. The van der Waals surface area contributed by atoms with Crippen molar-refractivity contribution in [2.24, 2.45) is 5.73 Å². The van der Waals surface area contributed by atoms with Crippen LogP contribution in [0, 0.1) is 0 Å². The first-order valence-corrected chi connectivity index (χ1v) is 5.70. The summed E-state index contributed by atoms with van der Waals surface area (Å²) in [6, 6.07) is 5.68. The van der Waals surface area contributed by atoms with Crippen LogP contribution in [0.5, 0.6) is 5.75 Å². The maximum atomic E-state index is 5.56. The van der Waals surface area contributed by atoms with E-state index in [1.54, 1.807) is 12.4 Å². The molecule has 0 unspecified atom stereocenters. The van der Waals surface area contributed by atoms with E-state index in [4.69, 9.17) is 14.9 Å². The van der Waals surface area contributed by atoms with Crippen LogP contribution in [-0.4, -0.2) is 11.6 Å². The summed E-state index contributed by atoms with van der Waals surface area (Å²) in [6.07, 6.45) is 4.42. The molecule has 90 valence electrons. The zero-order valence-electron chi connectivity index (χ0n) is 9.85. The normalized spacial score (nSPS) is 10.5. The van der Waals surface area contributed by atoms with E-state index in [9.17, 15) is 0 Å². The molecule has 4 nitrogen and oxygen atoms in total. The summed E-state index contributed by atoms with van der Waals surface area (Å²) in [5.74, 6) is 2.29. The van der Waals surface area contributed by atoms with Crippen molar-refractivity contribution in [2.75, 3.05) is 6.61 Å². The average Bonchev–Trinajstić information content (AvgIpc) is 2.85. The summed E-state index contributed by atoms with van der Waals surface area (Å²) in [5, 5.41) is 0. The molecule has 0 saturated carbocycles. The van der Waals surface area contributed by atoms with Crippen molar-refractivity contribution in [2.45, 2.75) is 19.9 Å². The fourth-order valence-corrected chi connectivity index (χ4v) is 1.50. The van der Waals surface area contributed by atoms with E-state index >= 15 is 0 Å². The van der Waals surface area contributed by atoms with Crippen molar-refractivity contribution in [3.05, 3.63) is 36.4 Å². The van der Waals surface area contributed by atoms with E-state index in [-0.39, 0.29) is 0 Å². The van der Waals surface area contributed by atoms with Crippen LogP contribution in [0.1, 0.15) is 19.1 Å². The molecule has 2 aromatic heterocycles. The number of nitrogens with zero attached hydrogens (tertiary/aromatic N) is 1. The van der Waals surface area contributed by atoms with Crippen molar-refractivity contribution >= 4 is 0 Å². The van der Waals surface area contributed by atoms with E-state index in [1.165, 1.54) is 0 Å². The third-order valence-electron chi connectivity index (χ3n) is 2.33. The SMILES string of the molecule is CCCOc1cncc(-c2ccc(CN)o2)c1. The van der Waals surface area contributed by atoms with Gasteiger partial charge < -0.3 is 14.9 Å². The van der Waals surface area contributed by atoms with Gasteiger partial charge in [0.05, 0.1) is 19.3 Å².